The van der Waals surface area contributed by atoms with Gasteiger partial charge in [-0.25, -0.2) is 0 Å². The zero-order valence-corrected chi connectivity index (χ0v) is 6.70. The van der Waals surface area contributed by atoms with Gasteiger partial charge in [0, 0.05) is 17.9 Å². The number of benzene rings is 1. The van der Waals surface area contributed by atoms with Gasteiger partial charge in [-0.1, -0.05) is 24.3 Å². The van der Waals surface area contributed by atoms with E-state index in [0.717, 1.165) is 6.54 Å². The molecule has 0 atom stereocenters. The minimum Gasteiger partial charge on any atom is -0.337 e. The summed E-state index contributed by atoms with van der Waals surface area (Å²) in [6, 6.07) is 8.50. The Bertz CT molecular complexity index is 388. The topological polar surface area (TPSA) is 3.24 Å². The fraction of sp³-hybridized carbons (Fsp3) is 0.0909. The van der Waals surface area contributed by atoms with E-state index in [0.29, 0.717) is 0 Å². The van der Waals surface area contributed by atoms with Crippen molar-refractivity contribution in [2.75, 3.05) is 11.4 Å². The lowest BCUT2D eigenvalue weighted by atomic mass is 10.0. The number of nitrogens with zero attached hydrogens (tertiary/aromatic N) is 1. The van der Waals surface area contributed by atoms with Crippen molar-refractivity contribution in [3.05, 3.63) is 47.7 Å². The first-order valence-corrected chi connectivity index (χ1v) is 4.20. The molecule has 1 aromatic rings. The number of para-hydroxylation sites is 1. The van der Waals surface area contributed by atoms with Gasteiger partial charge in [0.25, 0.3) is 0 Å². The Balaban J connectivity index is 2.24. The highest BCUT2D eigenvalue weighted by atomic mass is 15.2. The Morgan fingerprint density at radius 3 is 2.83 bits per heavy atom. The standard InChI is InChI=1S/C11H9N/c1-2-4-11-9(3-1)5-6-10-7-8-12(10)11/h1-7H,8H2. The van der Waals surface area contributed by atoms with Gasteiger partial charge >= 0.3 is 0 Å². The number of anilines is 1. The van der Waals surface area contributed by atoms with Crippen LogP contribution < -0.4 is 4.90 Å². The average molecular weight is 155 g/mol. The fourth-order valence-corrected chi connectivity index (χ4v) is 1.73. The lowest BCUT2D eigenvalue weighted by Gasteiger charge is -2.35. The van der Waals surface area contributed by atoms with Crippen LogP contribution in [-0.2, 0) is 0 Å². The minimum absolute atomic E-state index is 1.07. The largest absolute Gasteiger partial charge is 0.337 e. The molecular weight excluding hydrogens is 146 g/mol. The molecule has 2 aliphatic heterocycles. The molecule has 1 heteroatoms. The van der Waals surface area contributed by atoms with Crippen molar-refractivity contribution < 1.29 is 0 Å². The van der Waals surface area contributed by atoms with E-state index in [9.17, 15) is 0 Å². The van der Waals surface area contributed by atoms with Gasteiger partial charge in [0.1, 0.15) is 0 Å². The highest BCUT2D eigenvalue weighted by Crippen LogP contribution is 2.34. The fourth-order valence-electron chi connectivity index (χ4n) is 1.73. The molecule has 0 unspecified atom stereocenters. The van der Waals surface area contributed by atoms with Gasteiger partial charge in [0.2, 0.25) is 0 Å². The summed E-state index contributed by atoms with van der Waals surface area (Å²) in [6.45, 7) is 1.07. The first kappa shape index (κ1) is 6.06. The molecule has 0 N–H and O–H groups in total. The second-order valence-electron chi connectivity index (χ2n) is 3.13. The summed E-state index contributed by atoms with van der Waals surface area (Å²) in [5, 5.41) is 0. The van der Waals surface area contributed by atoms with Crippen LogP contribution in [0.4, 0.5) is 5.69 Å². The third kappa shape index (κ3) is 0.632. The smallest absolute Gasteiger partial charge is 0.0487 e. The van der Waals surface area contributed by atoms with Gasteiger partial charge in [0.05, 0.1) is 0 Å². The maximum Gasteiger partial charge on any atom is 0.0487 e. The third-order valence-electron chi connectivity index (χ3n) is 2.46. The van der Waals surface area contributed by atoms with Crippen molar-refractivity contribution in [2.45, 2.75) is 0 Å². The maximum absolute atomic E-state index is 2.33. The SMILES string of the molecule is C1=Cc2ccccc2N2CC=C12. The van der Waals surface area contributed by atoms with Crippen LogP contribution in [0, 0.1) is 0 Å². The van der Waals surface area contributed by atoms with Crippen molar-refractivity contribution >= 4 is 11.8 Å². The molecule has 2 aliphatic rings. The number of hydrogen-bond donors (Lipinski definition) is 0. The molecule has 0 radical (unpaired) electrons. The van der Waals surface area contributed by atoms with Crippen LogP contribution in [0.1, 0.15) is 5.56 Å². The number of hydrogen-bond acceptors (Lipinski definition) is 1. The molecular formula is C11H9N. The van der Waals surface area contributed by atoms with Crippen molar-refractivity contribution in [1.82, 2.24) is 0 Å². The van der Waals surface area contributed by atoms with Crippen LogP contribution in [0.3, 0.4) is 0 Å². The van der Waals surface area contributed by atoms with E-state index in [2.05, 4.69) is 47.4 Å². The lowest BCUT2D eigenvalue weighted by Crippen LogP contribution is -2.32. The van der Waals surface area contributed by atoms with E-state index in [1.165, 1.54) is 16.9 Å². The van der Waals surface area contributed by atoms with Gasteiger partial charge in [-0.05, 0) is 23.8 Å². The predicted octanol–water partition coefficient (Wildman–Crippen LogP) is 2.42. The third-order valence-corrected chi connectivity index (χ3v) is 2.46. The van der Waals surface area contributed by atoms with Crippen molar-refractivity contribution in [3.63, 3.8) is 0 Å². The van der Waals surface area contributed by atoms with Crippen LogP contribution >= 0.6 is 0 Å². The molecule has 0 aliphatic carbocycles. The highest BCUT2D eigenvalue weighted by Gasteiger charge is 2.21. The molecule has 1 aromatic carbocycles. The number of fused-ring (bicyclic) bond motifs is 3. The molecule has 0 spiro atoms. The van der Waals surface area contributed by atoms with E-state index in [1.807, 2.05) is 0 Å². The summed E-state index contributed by atoms with van der Waals surface area (Å²) in [5.74, 6) is 0. The van der Waals surface area contributed by atoms with Crippen molar-refractivity contribution in [3.8, 4) is 0 Å². The molecule has 1 nitrogen and oxygen atoms in total. The second kappa shape index (κ2) is 2.01. The molecule has 0 fully saturated rings. The average Bonchev–Trinajstić information content (AvgIpc) is 2.05. The highest BCUT2D eigenvalue weighted by molar-refractivity contribution is 5.78. The molecule has 0 saturated carbocycles. The molecule has 0 aromatic heterocycles. The lowest BCUT2D eigenvalue weighted by molar-refractivity contribution is 0.943. The molecule has 0 saturated heterocycles. The first-order chi connectivity index (χ1) is 5.95. The molecule has 0 bridgehead atoms. The molecule has 0 amide bonds. The van der Waals surface area contributed by atoms with Crippen LogP contribution in [0.25, 0.3) is 6.08 Å². The summed E-state index contributed by atoms with van der Waals surface area (Å²) in [5.41, 5.74) is 4.01. The number of rotatable bonds is 0. The summed E-state index contributed by atoms with van der Waals surface area (Å²) >= 11 is 0. The minimum atomic E-state index is 1.07. The van der Waals surface area contributed by atoms with Crippen LogP contribution in [0.5, 0.6) is 0 Å². The van der Waals surface area contributed by atoms with E-state index < -0.39 is 0 Å². The Labute approximate surface area is 71.6 Å². The Morgan fingerprint density at radius 1 is 1.08 bits per heavy atom. The van der Waals surface area contributed by atoms with E-state index in [4.69, 9.17) is 0 Å². The quantitative estimate of drug-likeness (QED) is 0.556. The Hall–Kier alpha value is -1.50. The molecule has 3 rings (SSSR count). The monoisotopic (exact) mass is 155 g/mol. The van der Waals surface area contributed by atoms with E-state index >= 15 is 0 Å². The van der Waals surface area contributed by atoms with E-state index in [1.54, 1.807) is 0 Å². The van der Waals surface area contributed by atoms with Crippen LogP contribution in [0.2, 0.25) is 0 Å². The van der Waals surface area contributed by atoms with Gasteiger partial charge in [0.15, 0.2) is 0 Å². The van der Waals surface area contributed by atoms with Crippen molar-refractivity contribution in [2.24, 2.45) is 0 Å². The maximum atomic E-state index is 2.33. The van der Waals surface area contributed by atoms with Crippen LogP contribution in [-0.4, -0.2) is 6.54 Å². The Morgan fingerprint density at radius 2 is 2.00 bits per heavy atom. The van der Waals surface area contributed by atoms with Gasteiger partial charge in [-0.3, -0.25) is 0 Å². The van der Waals surface area contributed by atoms with Gasteiger partial charge < -0.3 is 4.90 Å². The molecule has 12 heavy (non-hydrogen) atoms. The summed E-state index contributed by atoms with van der Waals surface area (Å²) in [4.78, 5) is 2.33. The first-order valence-electron chi connectivity index (χ1n) is 4.20. The van der Waals surface area contributed by atoms with Crippen molar-refractivity contribution in [1.29, 1.82) is 0 Å². The zero-order chi connectivity index (χ0) is 7.97. The number of allylic oxidation sites excluding steroid dienone is 1. The predicted molar refractivity (Wildman–Crippen MR) is 50.9 cm³/mol. The van der Waals surface area contributed by atoms with Gasteiger partial charge in [-0.15, -0.1) is 0 Å². The summed E-state index contributed by atoms with van der Waals surface area (Å²) in [7, 11) is 0. The second-order valence-corrected chi connectivity index (χ2v) is 3.13. The summed E-state index contributed by atoms with van der Waals surface area (Å²) in [6.07, 6.45) is 6.59. The Kier molecular flexibility index (Phi) is 1.01. The summed E-state index contributed by atoms with van der Waals surface area (Å²) < 4.78 is 0. The normalized spacial score (nSPS) is 17.7. The molecule has 58 valence electrons. The van der Waals surface area contributed by atoms with E-state index in [-0.39, 0.29) is 0 Å². The van der Waals surface area contributed by atoms with Gasteiger partial charge in [-0.2, -0.15) is 0 Å². The van der Waals surface area contributed by atoms with Crippen LogP contribution in [0.15, 0.2) is 42.1 Å². The molecule has 2 heterocycles. The zero-order valence-electron chi connectivity index (χ0n) is 6.70.